The van der Waals surface area contributed by atoms with Crippen molar-refractivity contribution in [3.8, 4) is 0 Å². The molecule has 2 heterocycles. The van der Waals surface area contributed by atoms with Crippen LogP contribution in [0.4, 0.5) is 0 Å². The molecule has 5 unspecified atom stereocenters. The minimum atomic E-state index is -0.186. The van der Waals surface area contributed by atoms with Crippen LogP contribution in [-0.4, -0.2) is 109 Å². The molecule has 0 aromatic rings. The maximum atomic E-state index is 12.6. The number of likely N-dealkylation sites (tertiary alicyclic amines) is 1. The van der Waals surface area contributed by atoms with E-state index in [0.717, 1.165) is 76.0 Å². The lowest BCUT2D eigenvalue weighted by atomic mass is 9.44. The van der Waals surface area contributed by atoms with Crippen LogP contribution in [0, 0.1) is 34.5 Å². The van der Waals surface area contributed by atoms with Crippen LogP contribution in [0.3, 0.4) is 0 Å². The van der Waals surface area contributed by atoms with E-state index in [1.165, 1.54) is 19.3 Å². The first-order valence-corrected chi connectivity index (χ1v) is 17.7. The van der Waals surface area contributed by atoms with E-state index >= 15 is 0 Å². The lowest BCUT2D eigenvalue weighted by Gasteiger charge is -2.62. The van der Waals surface area contributed by atoms with Gasteiger partial charge in [-0.3, -0.25) is 24.2 Å². The highest BCUT2D eigenvalue weighted by Crippen LogP contribution is 2.67. The predicted octanol–water partition coefficient (Wildman–Crippen LogP) is 1.47. The number of carbonyl (C=O) groups excluding carboxylic acids is 3. The number of carbonyl (C=O) groups is 3. The van der Waals surface area contributed by atoms with Crippen LogP contribution in [0.25, 0.3) is 0 Å². The molecule has 0 spiro atoms. The molecule has 4 aliphatic carbocycles. The maximum Gasteiger partial charge on any atom is 0.302 e. The van der Waals surface area contributed by atoms with Crippen LogP contribution in [0.5, 0.6) is 0 Å². The molecule has 0 amide bonds. The third-order valence-corrected chi connectivity index (χ3v) is 13.9. The third kappa shape index (κ3) is 6.46. The molecule has 4 saturated carbocycles. The van der Waals surface area contributed by atoms with Crippen molar-refractivity contribution < 1.29 is 45.3 Å². The largest absolute Gasteiger partial charge is 1.00 e. The van der Waals surface area contributed by atoms with E-state index in [2.05, 4.69) is 43.3 Å². The number of ether oxygens (including phenoxy) is 2. The van der Waals surface area contributed by atoms with Gasteiger partial charge in [-0.2, -0.15) is 0 Å². The molecule has 0 aromatic carbocycles. The Balaban J connectivity index is 0.00000400. The number of piperazine rings is 1. The summed E-state index contributed by atoms with van der Waals surface area (Å²) in [5, 5.41) is 0. The van der Waals surface area contributed by atoms with E-state index in [1.54, 1.807) is 13.8 Å². The Labute approximate surface area is 282 Å². The van der Waals surface area contributed by atoms with Gasteiger partial charge in [0.2, 0.25) is 0 Å². The molecule has 254 valence electrons. The molecule has 10 atom stereocenters. The second kappa shape index (κ2) is 13.3. The van der Waals surface area contributed by atoms with Crippen molar-refractivity contribution in [1.29, 1.82) is 0 Å². The highest BCUT2D eigenvalue weighted by molar-refractivity contribution is 5.79. The average molecular weight is 693 g/mol. The zero-order chi connectivity index (χ0) is 31.4. The van der Waals surface area contributed by atoms with Crippen molar-refractivity contribution in [2.45, 2.75) is 110 Å². The van der Waals surface area contributed by atoms with Gasteiger partial charge in [0.15, 0.2) is 0 Å². The number of fused-ring (bicyclic) bond motifs is 5. The summed E-state index contributed by atoms with van der Waals surface area (Å²) in [6, 6.07) is 0.468. The van der Waals surface area contributed by atoms with Crippen LogP contribution in [-0.2, 0) is 23.9 Å². The summed E-state index contributed by atoms with van der Waals surface area (Å²) in [5.41, 5.74) is 0.177. The van der Waals surface area contributed by atoms with Gasteiger partial charge in [-0.25, -0.2) is 0 Å². The Morgan fingerprint density at radius 1 is 0.911 bits per heavy atom. The quantitative estimate of drug-likeness (QED) is 0.237. The number of nitrogens with zero attached hydrogens (tertiary/aromatic N) is 3. The van der Waals surface area contributed by atoms with Gasteiger partial charge in [0.25, 0.3) is 0 Å². The van der Waals surface area contributed by atoms with Crippen molar-refractivity contribution in [1.82, 2.24) is 9.80 Å². The van der Waals surface area contributed by atoms with E-state index in [0.29, 0.717) is 42.3 Å². The van der Waals surface area contributed by atoms with Gasteiger partial charge in [0.1, 0.15) is 18.0 Å². The zero-order valence-electron chi connectivity index (χ0n) is 28.5. The third-order valence-electron chi connectivity index (χ3n) is 13.9. The summed E-state index contributed by atoms with van der Waals surface area (Å²) in [6.45, 7) is 19.0. The number of esters is 2. The Morgan fingerprint density at radius 3 is 2.18 bits per heavy atom. The normalized spacial score (nSPS) is 43.2. The van der Waals surface area contributed by atoms with Crippen molar-refractivity contribution in [2.75, 3.05) is 52.9 Å². The fourth-order valence-corrected chi connectivity index (χ4v) is 11.6. The van der Waals surface area contributed by atoms with E-state index in [4.69, 9.17) is 9.47 Å². The molecule has 6 rings (SSSR count). The topological polar surface area (TPSA) is 76.2 Å². The number of rotatable bonds is 6. The summed E-state index contributed by atoms with van der Waals surface area (Å²) in [4.78, 5) is 42.0. The Kier molecular flexibility index (Phi) is 10.4. The number of quaternary nitrogens is 1. The van der Waals surface area contributed by atoms with Gasteiger partial charge in [-0.05, 0) is 80.1 Å². The highest BCUT2D eigenvalue weighted by Gasteiger charge is 2.65. The molecule has 45 heavy (non-hydrogen) atoms. The van der Waals surface area contributed by atoms with Gasteiger partial charge in [-0.15, -0.1) is 0 Å². The highest BCUT2D eigenvalue weighted by atomic mass is 79.9. The standard InChI is InChI=1S/C36H58N3O5.BrH/c1-7-18-39(6)19-16-38(17-20-39)31-22-30-28-9-8-26-21-33(43-24(2)40)32(37-14-11-27(42)12-15-37)23-36(26,5)29(28)10-13-35(30,4)34(31)44-25(3)41;/h7,26,28-34H,1,8-23H2,2-6H3;1H/q+1;/p-1/t26?,28-,29-,30+,31?,32?,33?,34?,35+,36+;/m1./s1. The minimum Gasteiger partial charge on any atom is -1.00 e. The molecule has 2 saturated heterocycles. The Morgan fingerprint density at radius 2 is 1.56 bits per heavy atom. The number of piperidine rings is 1. The summed E-state index contributed by atoms with van der Waals surface area (Å²) < 4.78 is 13.4. The monoisotopic (exact) mass is 691 g/mol. The summed E-state index contributed by atoms with van der Waals surface area (Å²) in [7, 11) is 2.34. The lowest BCUT2D eigenvalue weighted by Crippen LogP contribution is -3.00. The van der Waals surface area contributed by atoms with Crippen molar-refractivity contribution in [3.05, 3.63) is 12.7 Å². The average Bonchev–Trinajstić information content (AvgIpc) is 3.25. The van der Waals surface area contributed by atoms with Crippen LogP contribution in [0.2, 0.25) is 0 Å². The molecule has 8 nitrogen and oxygen atoms in total. The Bertz CT molecular complexity index is 1130. The van der Waals surface area contributed by atoms with Crippen molar-refractivity contribution in [3.63, 3.8) is 0 Å². The molecule has 6 aliphatic rings. The first-order chi connectivity index (χ1) is 20.9. The number of halogens is 1. The molecule has 0 aromatic heterocycles. The van der Waals surface area contributed by atoms with E-state index in [9.17, 15) is 14.4 Å². The SMILES string of the molecule is C=CC[N+]1(C)CCN(C2C[C@H]3[C@@H]4CCC5CC(OC(C)=O)C(N6CCC(=O)CC6)C[C@]5(C)[C@@H]4CC[C@]3(C)C2OC(C)=O)CC1.[Br-]. The van der Waals surface area contributed by atoms with Crippen molar-refractivity contribution in [2.24, 2.45) is 34.5 Å². The Hall–Kier alpha value is -1.29. The molecule has 0 radical (unpaired) electrons. The lowest BCUT2D eigenvalue weighted by molar-refractivity contribution is -0.908. The van der Waals surface area contributed by atoms with Crippen LogP contribution in [0.15, 0.2) is 12.7 Å². The van der Waals surface area contributed by atoms with Gasteiger partial charge in [0, 0.05) is 70.4 Å². The number of ketones is 1. The van der Waals surface area contributed by atoms with E-state index in [-0.39, 0.29) is 64.0 Å². The fraction of sp³-hybridized carbons (Fsp3) is 0.861. The maximum absolute atomic E-state index is 12.6. The number of likely N-dealkylation sites (N-methyl/N-ethyl adjacent to an activating group) is 1. The van der Waals surface area contributed by atoms with Crippen LogP contribution in [0.1, 0.15) is 85.5 Å². The number of hydrogen-bond donors (Lipinski definition) is 0. The number of hydrogen-bond acceptors (Lipinski definition) is 7. The molecule has 6 fully saturated rings. The molecule has 2 aliphatic heterocycles. The van der Waals surface area contributed by atoms with Crippen molar-refractivity contribution >= 4 is 17.7 Å². The summed E-state index contributed by atoms with van der Waals surface area (Å²) >= 11 is 0. The second-order valence-electron chi connectivity index (χ2n) is 16.3. The molecule has 9 heteroatoms. The molecular formula is C36H58BrN3O5. The molecular weight excluding hydrogens is 634 g/mol. The molecule has 0 N–H and O–H groups in total. The zero-order valence-corrected chi connectivity index (χ0v) is 30.1. The van der Waals surface area contributed by atoms with Gasteiger partial charge < -0.3 is 30.9 Å². The van der Waals surface area contributed by atoms with E-state index < -0.39 is 0 Å². The van der Waals surface area contributed by atoms with Gasteiger partial charge in [0.05, 0.1) is 26.7 Å². The number of Topliss-reactive ketones (excluding diaryl/α,β-unsaturated/α-hetero) is 1. The van der Waals surface area contributed by atoms with Gasteiger partial charge in [-0.1, -0.05) is 20.4 Å². The predicted molar refractivity (Wildman–Crippen MR) is 170 cm³/mol. The summed E-state index contributed by atoms with van der Waals surface area (Å²) in [6.07, 6.45) is 10.9. The second-order valence-corrected chi connectivity index (χ2v) is 16.3. The van der Waals surface area contributed by atoms with Crippen LogP contribution >= 0.6 is 0 Å². The fourth-order valence-electron chi connectivity index (χ4n) is 11.6. The first-order valence-electron chi connectivity index (χ1n) is 17.7. The van der Waals surface area contributed by atoms with Crippen LogP contribution < -0.4 is 17.0 Å². The van der Waals surface area contributed by atoms with E-state index in [1.807, 2.05) is 0 Å². The molecule has 0 bridgehead atoms. The minimum absolute atomic E-state index is 0. The smallest absolute Gasteiger partial charge is 0.302 e. The van der Waals surface area contributed by atoms with Gasteiger partial charge >= 0.3 is 11.9 Å². The first kappa shape index (κ1) is 35.0. The summed E-state index contributed by atoms with van der Waals surface area (Å²) in [5.74, 6) is 2.36.